The van der Waals surface area contributed by atoms with E-state index >= 15 is 0 Å². The molecule has 0 amide bonds. The van der Waals surface area contributed by atoms with Crippen LogP contribution in [0.25, 0.3) is 38.0 Å². The van der Waals surface area contributed by atoms with Crippen LogP contribution in [0.4, 0.5) is 5.69 Å². The van der Waals surface area contributed by atoms with E-state index in [1.54, 1.807) is 0 Å². The first-order valence-electron chi connectivity index (χ1n) is 13.6. The van der Waals surface area contributed by atoms with Crippen LogP contribution < -0.4 is 10.5 Å². The molecule has 9 rings (SSSR count). The normalized spacial score (nSPS) is 20.6. The Bertz CT molecular complexity index is 2090. The maximum Gasteiger partial charge on any atom is 0.217 e. The van der Waals surface area contributed by atoms with E-state index in [-0.39, 0.29) is 11.5 Å². The summed E-state index contributed by atoms with van der Waals surface area (Å²) < 4.78 is 4.67. The van der Waals surface area contributed by atoms with Crippen molar-refractivity contribution in [1.29, 1.82) is 0 Å². The second-order valence-corrected chi connectivity index (χ2v) is 10.9. The van der Waals surface area contributed by atoms with Crippen LogP contribution in [0.2, 0.25) is 0 Å². The number of fused-ring (bicyclic) bond motifs is 5. The molecule has 0 fully saturated rings. The van der Waals surface area contributed by atoms with E-state index in [0.717, 1.165) is 71.9 Å². The Kier molecular flexibility index (Phi) is 3.85. The van der Waals surface area contributed by atoms with Crippen LogP contribution in [0.5, 0.6) is 0 Å². The molecule has 0 bridgehead atoms. The van der Waals surface area contributed by atoms with Crippen molar-refractivity contribution >= 4 is 55.2 Å². The molecule has 3 aliphatic heterocycles. The summed E-state index contributed by atoms with van der Waals surface area (Å²) in [6.45, 7) is 1.82. The van der Waals surface area contributed by atoms with Crippen molar-refractivity contribution in [3.8, 4) is 0 Å². The van der Waals surface area contributed by atoms with E-state index in [0.29, 0.717) is 11.1 Å². The number of hydrogen-bond donors (Lipinski definition) is 0. The zero-order valence-electron chi connectivity index (χ0n) is 20.9. The van der Waals surface area contributed by atoms with Crippen LogP contribution in [-0.2, 0) is 11.3 Å². The largest absolute Gasteiger partial charge is 0.871 e. The number of aryl methyl sites for hydroxylation is 1. The van der Waals surface area contributed by atoms with Crippen LogP contribution >= 0.6 is 0 Å². The molecule has 0 radical (unpaired) electrons. The molecule has 0 saturated carbocycles. The molecular formula is C34H24N2O2. The zero-order chi connectivity index (χ0) is 25.1. The van der Waals surface area contributed by atoms with Gasteiger partial charge in [0, 0.05) is 52.0 Å². The molecule has 4 aliphatic rings. The number of carbonyl (C=O) groups is 1. The van der Waals surface area contributed by atoms with Gasteiger partial charge in [0.05, 0.1) is 16.3 Å². The third-order valence-electron chi connectivity index (χ3n) is 9.10. The number of hydrogen-bond acceptors (Lipinski definition) is 2. The van der Waals surface area contributed by atoms with Crippen molar-refractivity contribution < 1.29 is 14.5 Å². The molecule has 5 aromatic rings. The van der Waals surface area contributed by atoms with E-state index < -0.39 is 0 Å². The summed E-state index contributed by atoms with van der Waals surface area (Å²) in [5, 5.41) is 21.1. The minimum absolute atomic E-state index is 0.0602. The second-order valence-electron chi connectivity index (χ2n) is 10.9. The van der Waals surface area contributed by atoms with Crippen LogP contribution in [-0.4, -0.2) is 27.2 Å². The molecule has 0 saturated heterocycles. The number of allylic oxidation sites excluding steroid dienone is 3. The first kappa shape index (κ1) is 20.6. The van der Waals surface area contributed by atoms with Crippen LogP contribution in [0.15, 0.2) is 95.3 Å². The topological polar surface area (TPSA) is 48.1 Å². The lowest BCUT2D eigenvalue weighted by Gasteiger charge is -2.35. The molecule has 0 N–H and O–H groups in total. The van der Waals surface area contributed by atoms with Crippen LogP contribution in [0.1, 0.15) is 31.2 Å². The van der Waals surface area contributed by atoms with Gasteiger partial charge in [0.1, 0.15) is 6.54 Å². The Labute approximate surface area is 219 Å². The van der Waals surface area contributed by atoms with Crippen molar-refractivity contribution in [3.63, 3.8) is 0 Å². The average Bonchev–Trinajstić information content (AvgIpc) is 3.46. The van der Waals surface area contributed by atoms with E-state index in [9.17, 15) is 9.90 Å². The fraction of sp³-hybridized carbons (Fsp3) is 0.176. The highest BCUT2D eigenvalue weighted by Gasteiger charge is 2.42. The Hall–Kier alpha value is -4.44. The van der Waals surface area contributed by atoms with Gasteiger partial charge >= 0.3 is 0 Å². The number of Topliss-reactive ketones (excluding diaryl/α,β-unsaturated/α-hetero) is 1. The molecule has 4 aromatic carbocycles. The molecule has 4 nitrogen and oxygen atoms in total. The summed E-state index contributed by atoms with van der Waals surface area (Å²) in [6.07, 6.45) is 3.39. The smallest absolute Gasteiger partial charge is 0.217 e. The summed E-state index contributed by atoms with van der Waals surface area (Å²) in [6, 6.07) is 25.5. The highest BCUT2D eigenvalue weighted by molar-refractivity contribution is 6.32. The summed E-state index contributed by atoms with van der Waals surface area (Å²) in [5.74, 6) is -0.120. The van der Waals surface area contributed by atoms with Gasteiger partial charge in [0.15, 0.2) is 5.78 Å². The predicted octanol–water partition coefficient (Wildman–Crippen LogP) is 5.05. The Morgan fingerprint density at radius 3 is 2.34 bits per heavy atom. The number of rotatable bonds is 1. The van der Waals surface area contributed by atoms with Crippen molar-refractivity contribution in [2.24, 2.45) is 0 Å². The molecule has 0 unspecified atom stereocenters. The van der Waals surface area contributed by atoms with E-state index in [2.05, 4.69) is 81.9 Å². The number of benzene rings is 4. The summed E-state index contributed by atoms with van der Waals surface area (Å²) >= 11 is 0. The van der Waals surface area contributed by atoms with Crippen molar-refractivity contribution in [2.45, 2.75) is 32.2 Å². The van der Waals surface area contributed by atoms with Crippen molar-refractivity contribution in [3.05, 3.63) is 106 Å². The van der Waals surface area contributed by atoms with Gasteiger partial charge in [-0.05, 0) is 47.7 Å². The van der Waals surface area contributed by atoms with Gasteiger partial charge in [-0.2, -0.15) is 4.58 Å². The minimum atomic E-state index is -0.0602. The van der Waals surface area contributed by atoms with Gasteiger partial charge in [-0.25, -0.2) is 0 Å². The van der Waals surface area contributed by atoms with E-state index in [1.165, 1.54) is 32.7 Å². The molecule has 1 aliphatic carbocycles. The van der Waals surface area contributed by atoms with Gasteiger partial charge in [-0.1, -0.05) is 60.4 Å². The Morgan fingerprint density at radius 1 is 0.763 bits per heavy atom. The maximum absolute atomic E-state index is 14.0. The van der Waals surface area contributed by atoms with Crippen LogP contribution in [0, 0.1) is 0 Å². The Morgan fingerprint density at radius 2 is 1.50 bits per heavy atom. The molecule has 4 heteroatoms. The molecule has 1 aromatic heterocycles. The number of carbonyl (C=O) groups excluding carboxylic acids is 1. The van der Waals surface area contributed by atoms with Gasteiger partial charge in [-0.15, -0.1) is 0 Å². The minimum Gasteiger partial charge on any atom is -0.871 e. The molecule has 0 spiro atoms. The second kappa shape index (κ2) is 7.11. The summed E-state index contributed by atoms with van der Waals surface area (Å²) in [4.78, 5) is 14.0. The first-order valence-corrected chi connectivity index (χ1v) is 13.6. The van der Waals surface area contributed by atoms with E-state index in [1.807, 2.05) is 0 Å². The third-order valence-corrected chi connectivity index (χ3v) is 9.10. The van der Waals surface area contributed by atoms with Gasteiger partial charge in [0.25, 0.3) is 0 Å². The van der Waals surface area contributed by atoms with Crippen LogP contribution in [0.3, 0.4) is 0 Å². The van der Waals surface area contributed by atoms with Crippen molar-refractivity contribution in [2.75, 3.05) is 6.54 Å². The fourth-order valence-electron chi connectivity index (χ4n) is 7.63. The maximum atomic E-state index is 14.0. The fourth-order valence-corrected chi connectivity index (χ4v) is 7.63. The van der Waals surface area contributed by atoms with Gasteiger partial charge in [0.2, 0.25) is 11.4 Å². The monoisotopic (exact) mass is 492 g/mol. The molecule has 38 heavy (non-hydrogen) atoms. The molecule has 182 valence electrons. The lowest BCUT2D eigenvalue weighted by atomic mass is 9.76. The zero-order valence-corrected chi connectivity index (χ0v) is 20.9. The summed E-state index contributed by atoms with van der Waals surface area (Å²) in [5.41, 5.74) is 7.32. The third kappa shape index (κ3) is 2.37. The summed E-state index contributed by atoms with van der Waals surface area (Å²) in [7, 11) is 0. The standard InChI is InChI=1S/C34H24N2O2/c37-33-29(23-13-5-17-35-25-15-3-9-19-7-1-11-21(27(19)25)31(23)35)34(38)30(33)24-14-6-18-36-26-16-4-10-20-8-2-12-22(28(20)26)32(24)36/h1-4,7-12,15-16H,5-6,13-14,17-18H2. The van der Waals surface area contributed by atoms with Crippen molar-refractivity contribution in [1.82, 2.24) is 4.57 Å². The average molecular weight is 493 g/mol. The molecule has 4 heterocycles. The number of ketones is 1. The number of aromatic nitrogens is 1. The van der Waals surface area contributed by atoms with Gasteiger partial charge < -0.3 is 9.67 Å². The highest BCUT2D eigenvalue weighted by Crippen LogP contribution is 2.44. The van der Waals surface area contributed by atoms with Gasteiger partial charge in [-0.3, -0.25) is 4.79 Å². The van der Waals surface area contributed by atoms with E-state index in [4.69, 9.17) is 0 Å². The lowest BCUT2D eigenvalue weighted by Crippen LogP contribution is -2.38. The lowest BCUT2D eigenvalue weighted by molar-refractivity contribution is -0.439. The SMILES string of the molecule is O=C1C(C2=c3c4cccc5cccc(c54)n3CCC2)=C([O-])/C1=C1/CCC[N+]2=C1c1cccc3cccc2c13. The molecule has 0 atom stereocenters. The number of nitrogens with zero attached hydrogens (tertiary/aromatic N) is 2. The first-order chi connectivity index (χ1) is 18.7. The predicted molar refractivity (Wildman–Crippen MR) is 148 cm³/mol. The highest BCUT2D eigenvalue weighted by atomic mass is 16.3. The Balaban J connectivity index is 1.31. The quantitative estimate of drug-likeness (QED) is 0.243. The molecular weight excluding hydrogens is 468 g/mol.